The van der Waals surface area contributed by atoms with Gasteiger partial charge in [0.05, 0.1) is 10.5 Å². The van der Waals surface area contributed by atoms with Crippen molar-refractivity contribution in [1.29, 1.82) is 0 Å². The summed E-state index contributed by atoms with van der Waals surface area (Å²) in [5.74, 6) is -0.142. The number of benzene rings is 2. The number of piperazine rings is 1. The van der Waals surface area contributed by atoms with Crippen molar-refractivity contribution in [3.63, 3.8) is 0 Å². The topological polar surface area (TPSA) is 83.7 Å². The van der Waals surface area contributed by atoms with Crippen molar-refractivity contribution in [2.45, 2.75) is 4.90 Å². The lowest BCUT2D eigenvalue weighted by Gasteiger charge is -2.34. The molecule has 1 saturated heterocycles. The first-order valence-corrected chi connectivity index (χ1v) is 11.4. The Kier molecular flexibility index (Phi) is 5.06. The zero-order valence-corrected chi connectivity index (χ0v) is 17.6. The van der Waals surface area contributed by atoms with E-state index in [-0.39, 0.29) is 29.4 Å². The van der Waals surface area contributed by atoms with Crippen LogP contribution in [0.2, 0.25) is 0 Å². The molecule has 0 atom stereocenters. The van der Waals surface area contributed by atoms with Gasteiger partial charge in [-0.3, -0.25) is 0 Å². The van der Waals surface area contributed by atoms with Gasteiger partial charge in [0, 0.05) is 26.2 Å². The van der Waals surface area contributed by atoms with Crippen molar-refractivity contribution in [2.75, 3.05) is 31.1 Å². The second-order valence-electron chi connectivity index (χ2n) is 7.31. The Morgan fingerprint density at radius 2 is 1.62 bits per heavy atom. The van der Waals surface area contributed by atoms with Crippen LogP contribution in [0.4, 0.5) is 14.6 Å². The van der Waals surface area contributed by atoms with Gasteiger partial charge >= 0.3 is 0 Å². The molecule has 5 rings (SSSR count). The summed E-state index contributed by atoms with van der Waals surface area (Å²) in [6, 6.07) is 14.8. The lowest BCUT2D eigenvalue weighted by Crippen LogP contribution is -2.49. The second kappa shape index (κ2) is 7.92. The molecule has 8 nitrogen and oxygen atoms in total. The highest BCUT2D eigenvalue weighted by Crippen LogP contribution is 2.24. The third-order valence-electron chi connectivity index (χ3n) is 5.36. The molecule has 0 N–H and O–H groups in total. The van der Waals surface area contributed by atoms with E-state index in [1.165, 1.54) is 33.1 Å². The number of aromatic nitrogens is 4. The minimum atomic E-state index is -3.78. The van der Waals surface area contributed by atoms with Gasteiger partial charge < -0.3 is 4.90 Å². The molecule has 0 saturated carbocycles. The summed E-state index contributed by atoms with van der Waals surface area (Å²) in [5, 5.41) is 12.7. The number of hydrogen-bond acceptors (Lipinski definition) is 6. The van der Waals surface area contributed by atoms with Crippen LogP contribution >= 0.6 is 0 Å². The summed E-state index contributed by atoms with van der Waals surface area (Å²) in [4.78, 5) is 1.87. The van der Waals surface area contributed by atoms with Gasteiger partial charge in [0.25, 0.3) is 0 Å². The van der Waals surface area contributed by atoms with E-state index in [1.54, 1.807) is 30.3 Å². The molecule has 11 heteroatoms. The van der Waals surface area contributed by atoms with E-state index in [0.29, 0.717) is 24.6 Å². The molecule has 0 spiro atoms. The maximum absolute atomic E-state index is 14.3. The third-order valence-corrected chi connectivity index (χ3v) is 7.25. The zero-order valence-electron chi connectivity index (χ0n) is 16.8. The summed E-state index contributed by atoms with van der Waals surface area (Å²) in [6.45, 7) is 1.23. The Labute approximate surface area is 182 Å². The molecule has 4 aromatic rings. The average molecular weight is 456 g/mol. The summed E-state index contributed by atoms with van der Waals surface area (Å²) >= 11 is 0. The molecule has 1 aliphatic heterocycles. The largest absolute Gasteiger partial charge is 0.353 e. The number of sulfonamides is 1. The third kappa shape index (κ3) is 3.59. The second-order valence-corrected chi connectivity index (χ2v) is 9.25. The molecule has 1 fully saturated rings. The predicted octanol–water partition coefficient (Wildman–Crippen LogP) is 2.58. The van der Waals surface area contributed by atoms with Crippen LogP contribution in [0.1, 0.15) is 0 Å². The van der Waals surface area contributed by atoms with Crippen LogP contribution in [0, 0.1) is 11.6 Å². The van der Waals surface area contributed by atoms with Gasteiger partial charge in [-0.1, -0.05) is 18.2 Å². The maximum Gasteiger partial charge on any atom is 0.243 e. The Morgan fingerprint density at radius 1 is 0.844 bits per heavy atom. The van der Waals surface area contributed by atoms with E-state index in [9.17, 15) is 17.2 Å². The lowest BCUT2D eigenvalue weighted by molar-refractivity contribution is 0.383. The number of hydrogen-bond donors (Lipinski definition) is 0. The molecule has 0 unspecified atom stereocenters. The van der Waals surface area contributed by atoms with Crippen molar-refractivity contribution in [2.24, 2.45) is 0 Å². The molecule has 2 aromatic heterocycles. The summed E-state index contributed by atoms with van der Waals surface area (Å²) in [6.07, 6.45) is 0. The quantitative estimate of drug-likeness (QED) is 0.470. The fourth-order valence-corrected chi connectivity index (χ4v) is 5.15. The van der Waals surface area contributed by atoms with E-state index in [1.807, 2.05) is 4.90 Å². The Morgan fingerprint density at radius 3 is 2.38 bits per heavy atom. The fourth-order valence-electron chi connectivity index (χ4n) is 3.69. The van der Waals surface area contributed by atoms with Gasteiger partial charge in [0.2, 0.25) is 10.0 Å². The first kappa shape index (κ1) is 20.5. The van der Waals surface area contributed by atoms with Gasteiger partial charge in [0.15, 0.2) is 11.5 Å². The highest BCUT2D eigenvalue weighted by Gasteiger charge is 2.29. The van der Waals surface area contributed by atoms with E-state index < -0.39 is 21.7 Å². The van der Waals surface area contributed by atoms with E-state index in [0.717, 1.165) is 6.07 Å². The van der Waals surface area contributed by atoms with Crippen molar-refractivity contribution >= 4 is 21.5 Å². The molecule has 0 aliphatic carbocycles. The summed E-state index contributed by atoms with van der Waals surface area (Å²) < 4.78 is 56.2. The van der Waals surface area contributed by atoms with Crippen LogP contribution in [0.25, 0.3) is 17.0 Å². The van der Waals surface area contributed by atoms with Gasteiger partial charge in [-0.15, -0.1) is 15.3 Å². The van der Waals surface area contributed by atoms with Gasteiger partial charge in [-0.05, 0) is 42.5 Å². The van der Waals surface area contributed by atoms with E-state index in [4.69, 9.17) is 0 Å². The Hall–Kier alpha value is -3.44. The van der Waals surface area contributed by atoms with Crippen molar-refractivity contribution in [1.82, 2.24) is 24.1 Å². The maximum atomic E-state index is 14.3. The smallest absolute Gasteiger partial charge is 0.243 e. The van der Waals surface area contributed by atoms with E-state index >= 15 is 0 Å². The standard InChI is InChI=1S/C21H18F2N6O2S/c22-15-4-3-5-16(14-15)32(30,31)28-12-10-27(11-13-28)20-9-8-19-24-25-21(29(19)26-20)17-6-1-2-7-18(17)23/h1-9,14H,10-13H2. The van der Waals surface area contributed by atoms with Gasteiger partial charge in [0.1, 0.15) is 17.5 Å². The highest BCUT2D eigenvalue weighted by molar-refractivity contribution is 7.89. The molecule has 164 valence electrons. The number of fused-ring (bicyclic) bond motifs is 1. The van der Waals surface area contributed by atoms with Crippen LogP contribution in [-0.2, 0) is 10.0 Å². The van der Waals surface area contributed by atoms with Crippen molar-refractivity contribution in [3.05, 3.63) is 72.3 Å². The molecular formula is C21H18F2N6O2S. The fraction of sp³-hybridized carbons (Fsp3) is 0.190. The highest BCUT2D eigenvalue weighted by atomic mass is 32.2. The van der Waals surface area contributed by atoms with Crippen LogP contribution in [-0.4, -0.2) is 58.7 Å². The van der Waals surface area contributed by atoms with Crippen LogP contribution in [0.5, 0.6) is 0 Å². The molecule has 1 aliphatic rings. The monoisotopic (exact) mass is 456 g/mol. The Balaban J connectivity index is 1.39. The normalized spacial score (nSPS) is 15.4. The first-order chi connectivity index (χ1) is 15.4. The van der Waals surface area contributed by atoms with Crippen molar-refractivity contribution in [3.8, 4) is 11.4 Å². The Bertz CT molecular complexity index is 1400. The molecule has 3 heterocycles. The van der Waals surface area contributed by atoms with Gasteiger partial charge in [-0.2, -0.15) is 8.82 Å². The van der Waals surface area contributed by atoms with Crippen LogP contribution in [0.15, 0.2) is 65.6 Å². The van der Waals surface area contributed by atoms with Gasteiger partial charge in [-0.25, -0.2) is 17.2 Å². The lowest BCUT2D eigenvalue weighted by atomic mass is 10.2. The van der Waals surface area contributed by atoms with Crippen molar-refractivity contribution < 1.29 is 17.2 Å². The molecule has 32 heavy (non-hydrogen) atoms. The summed E-state index contributed by atoms with van der Waals surface area (Å²) in [5.41, 5.74) is 0.759. The molecule has 0 amide bonds. The van der Waals surface area contributed by atoms with E-state index in [2.05, 4.69) is 15.3 Å². The number of nitrogens with zero attached hydrogens (tertiary/aromatic N) is 6. The molecule has 2 aromatic carbocycles. The average Bonchev–Trinajstić information content (AvgIpc) is 3.22. The minimum absolute atomic E-state index is 0.0653. The number of halogens is 2. The molecule has 0 bridgehead atoms. The predicted molar refractivity (Wildman–Crippen MR) is 114 cm³/mol. The summed E-state index contributed by atoms with van der Waals surface area (Å²) in [7, 11) is -3.78. The molecular weight excluding hydrogens is 438 g/mol. The van der Waals surface area contributed by atoms with Crippen LogP contribution < -0.4 is 4.90 Å². The molecule has 0 radical (unpaired) electrons. The van der Waals surface area contributed by atoms with Crippen LogP contribution in [0.3, 0.4) is 0 Å². The number of anilines is 1. The SMILES string of the molecule is O=S(=O)(c1cccc(F)c1)N1CCN(c2ccc3nnc(-c4ccccc4F)n3n2)CC1. The minimum Gasteiger partial charge on any atom is -0.353 e. The first-order valence-electron chi connectivity index (χ1n) is 9.91. The zero-order chi connectivity index (χ0) is 22.3. The number of rotatable bonds is 4.